The van der Waals surface area contributed by atoms with Crippen LogP contribution in [0, 0.1) is 13.8 Å². The maximum absolute atomic E-state index is 2.38. The van der Waals surface area contributed by atoms with Gasteiger partial charge in [0, 0.05) is 0 Å². The Balaban J connectivity index is 1.30. The van der Waals surface area contributed by atoms with Crippen molar-refractivity contribution >= 4 is 0 Å². The van der Waals surface area contributed by atoms with Gasteiger partial charge in [0.1, 0.15) is 0 Å². The Kier molecular flexibility index (Phi) is 3.96. The topological polar surface area (TPSA) is 0 Å². The van der Waals surface area contributed by atoms with Crippen LogP contribution >= 0.6 is 0 Å². The summed E-state index contributed by atoms with van der Waals surface area (Å²) in [5.41, 5.74) is 17.8. The lowest BCUT2D eigenvalue weighted by atomic mass is 9.91. The number of benzene rings is 4. The van der Waals surface area contributed by atoms with E-state index in [-0.39, 0.29) is 0 Å². The lowest BCUT2D eigenvalue weighted by Gasteiger charge is -2.13. The Bertz CT molecular complexity index is 1310. The van der Waals surface area contributed by atoms with Crippen LogP contribution in [0.1, 0.15) is 44.5 Å². The first-order valence-corrected chi connectivity index (χ1v) is 11.1. The molecule has 6 rings (SSSR count). The molecule has 4 aromatic rings. The molecular weight excluding hydrogens is 360 g/mol. The van der Waals surface area contributed by atoms with Crippen LogP contribution < -0.4 is 0 Å². The Morgan fingerprint density at radius 3 is 2.13 bits per heavy atom. The lowest BCUT2D eigenvalue weighted by molar-refractivity contribution is 0.929. The molecule has 0 aliphatic heterocycles. The van der Waals surface area contributed by atoms with Crippen LogP contribution in [0.2, 0.25) is 0 Å². The van der Waals surface area contributed by atoms with Crippen LogP contribution in [0.25, 0.3) is 22.3 Å². The highest BCUT2D eigenvalue weighted by molar-refractivity contribution is 5.80. The SMILES string of the molecule is Cc1cccc2c1Cc1c-2ccc(CCc2cccc3c2Cc2ccccc2-3)c1C. The molecule has 0 amide bonds. The zero-order chi connectivity index (χ0) is 20.2. The lowest BCUT2D eigenvalue weighted by Crippen LogP contribution is -2.00. The van der Waals surface area contributed by atoms with Crippen molar-refractivity contribution in [2.45, 2.75) is 39.5 Å². The van der Waals surface area contributed by atoms with Gasteiger partial charge in [0.25, 0.3) is 0 Å². The van der Waals surface area contributed by atoms with Crippen molar-refractivity contribution in [2.75, 3.05) is 0 Å². The van der Waals surface area contributed by atoms with Crippen molar-refractivity contribution in [3.8, 4) is 22.3 Å². The minimum atomic E-state index is 1.08. The predicted molar refractivity (Wildman–Crippen MR) is 126 cm³/mol. The van der Waals surface area contributed by atoms with Gasteiger partial charge in [-0.1, -0.05) is 72.8 Å². The first kappa shape index (κ1) is 17.7. The quantitative estimate of drug-likeness (QED) is 0.301. The summed E-state index contributed by atoms with van der Waals surface area (Å²) in [6, 6.07) is 27.2. The zero-order valence-electron chi connectivity index (χ0n) is 17.8. The van der Waals surface area contributed by atoms with Crippen LogP contribution in [0.5, 0.6) is 0 Å². The van der Waals surface area contributed by atoms with Crippen LogP contribution in [0.3, 0.4) is 0 Å². The van der Waals surface area contributed by atoms with Crippen molar-refractivity contribution in [1.82, 2.24) is 0 Å². The molecule has 2 aliphatic rings. The summed E-state index contributed by atoms with van der Waals surface area (Å²) < 4.78 is 0. The van der Waals surface area contributed by atoms with E-state index in [0.29, 0.717) is 0 Å². The van der Waals surface area contributed by atoms with E-state index in [9.17, 15) is 0 Å². The molecule has 0 nitrogen and oxygen atoms in total. The largest absolute Gasteiger partial charge is 0.0619 e. The molecule has 0 unspecified atom stereocenters. The van der Waals surface area contributed by atoms with Gasteiger partial charge in [-0.3, -0.25) is 0 Å². The van der Waals surface area contributed by atoms with Crippen molar-refractivity contribution in [2.24, 2.45) is 0 Å². The number of fused-ring (bicyclic) bond motifs is 6. The first-order valence-electron chi connectivity index (χ1n) is 11.1. The molecule has 0 saturated carbocycles. The van der Waals surface area contributed by atoms with Crippen LogP contribution in [-0.4, -0.2) is 0 Å². The summed E-state index contributed by atoms with van der Waals surface area (Å²) in [5, 5.41) is 0. The minimum absolute atomic E-state index is 1.08. The third-order valence-corrected chi connectivity index (χ3v) is 7.38. The highest BCUT2D eigenvalue weighted by Gasteiger charge is 2.23. The molecule has 0 fully saturated rings. The van der Waals surface area contributed by atoms with Crippen molar-refractivity contribution < 1.29 is 0 Å². The Morgan fingerprint density at radius 1 is 0.533 bits per heavy atom. The molecule has 4 aromatic carbocycles. The average Bonchev–Trinajstić information content (AvgIpc) is 3.34. The highest BCUT2D eigenvalue weighted by atomic mass is 14.3. The number of hydrogen-bond acceptors (Lipinski definition) is 0. The molecule has 146 valence electrons. The van der Waals surface area contributed by atoms with Crippen LogP contribution in [0.15, 0.2) is 72.8 Å². The molecule has 0 atom stereocenters. The van der Waals surface area contributed by atoms with E-state index in [1.807, 2.05) is 0 Å². The second kappa shape index (κ2) is 6.71. The van der Waals surface area contributed by atoms with Crippen LogP contribution in [0.4, 0.5) is 0 Å². The second-order valence-corrected chi connectivity index (χ2v) is 8.93. The monoisotopic (exact) mass is 386 g/mol. The number of hydrogen-bond donors (Lipinski definition) is 0. The fourth-order valence-electron chi connectivity index (χ4n) is 5.65. The summed E-state index contributed by atoms with van der Waals surface area (Å²) in [5.74, 6) is 0. The van der Waals surface area contributed by atoms with Gasteiger partial charge in [0.2, 0.25) is 0 Å². The predicted octanol–water partition coefficient (Wildman–Crippen LogP) is 7.23. The van der Waals surface area contributed by atoms with E-state index < -0.39 is 0 Å². The summed E-state index contributed by atoms with van der Waals surface area (Å²) >= 11 is 0. The Morgan fingerprint density at radius 2 is 1.23 bits per heavy atom. The maximum atomic E-state index is 2.38. The summed E-state index contributed by atoms with van der Waals surface area (Å²) in [7, 11) is 0. The molecule has 0 heteroatoms. The van der Waals surface area contributed by atoms with E-state index >= 15 is 0 Å². The van der Waals surface area contributed by atoms with Crippen molar-refractivity contribution in [1.29, 1.82) is 0 Å². The summed E-state index contributed by atoms with van der Waals surface area (Å²) in [6.07, 6.45) is 4.40. The van der Waals surface area contributed by atoms with E-state index in [0.717, 1.165) is 25.7 Å². The smallest absolute Gasteiger partial charge is 0.000809 e. The van der Waals surface area contributed by atoms with E-state index in [2.05, 4.69) is 86.6 Å². The van der Waals surface area contributed by atoms with Gasteiger partial charge >= 0.3 is 0 Å². The van der Waals surface area contributed by atoms with Crippen LogP contribution in [-0.2, 0) is 25.7 Å². The standard InChI is InChI=1S/C30H26/c1-19-7-5-11-26-27-16-15-21(20(2)29(27)18-28(19)26)13-14-22-9-6-12-25-24-10-4-3-8-23(24)17-30(22)25/h3-12,15-16H,13-14,17-18H2,1-2H3. The van der Waals surface area contributed by atoms with Gasteiger partial charge in [-0.05, 0) is 106 Å². The molecular formula is C30H26. The van der Waals surface area contributed by atoms with E-state index in [4.69, 9.17) is 0 Å². The third kappa shape index (κ3) is 2.60. The molecule has 30 heavy (non-hydrogen) atoms. The van der Waals surface area contributed by atoms with Gasteiger partial charge < -0.3 is 0 Å². The molecule has 0 spiro atoms. The van der Waals surface area contributed by atoms with Gasteiger partial charge in [-0.25, -0.2) is 0 Å². The summed E-state index contributed by atoms with van der Waals surface area (Å²) in [6.45, 7) is 4.58. The van der Waals surface area contributed by atoms with Gasteiger partial charge in [-0.2, -0.15) is 0 Å². The molecule has 0 N–H and O–H groups in total. The molecule has 2 aliphatic carbocycles. The minimum Gasteiger partial charge on any atom is -0.0619 e. The average molecular weight is 387 g/mol. The van der Waals surface area contributed by atoms with E-state index in [1.54, 1.807) is 11.1 Å². The molecule has 0 heterocycles. The maximum Gasteiger partial charge on any atom is -0.000809 e. The molecule has 0 aromatic heterocycles. The Hall–Kier alpha value is -3.12. The third-order valence-electron chi connectivity index (χ3n) is 7.38. The van der Waals surface area contributed by atoms with Crippen molar-refractivity contribution in [3.63, 3.8) is 0 Å². The van der Waals surface area contributed by atoms with E-state index in [1.165, 1.54) is 55.6 Å². The van der Waals surface area contributed by atoms with Gasteiger partial charge in [0.05, 0.1) is 0 Å². The number of rotatable bonds is 3. The highest BCUT2D eigenvalue weighted by Crippen LogP contribution is 2.41. The number of aryl methyl sites for hydroxylation is 3. The molecule has 0 saturated heterocycles. The fraction of sp³-hybridized carbons (Fsp3) is 0.200. The first-order chi connectivity index (χ1) is 14.7. The Labute approximate surface area is 179 Å². The summed E-state index contributed by atoms with van der Waals surface area (Å²) in [4.78, 5) is 0. The molecule has 0 bridgehead atoms. The fourth-order valence-corrected chi connectivity index (χ4v) is 5.65. The molecule has 0 radical (unpaired) electrons. The van der Waals surface area contributed by atoms with Crippen molar-refractivity contribution in [3.05, 3.63) is 117 Å². The zero-order valence-corrected chi connectivity index (χ0v) is 17.8. The normalized spacial score (nSPS) is 13.0. The van der Waals surface area contributed by atoms with Gasteiger partial charge in [-0.15, -0.1) is 0 Å². The van der Waals surface area contributed by atoms with Gasteiger partial charge in [0.15, 0.2) is 0 Å². The second-order valence-electron chi connectivity index (χ2n) is 8.93.